The van der Waals surface area contributed by atoms with Gasteiger partial charge in [-0.05, 0) is 87.8 Å². The van der Waals surface area contributed by atoms with Crippen molar-refractivity contribution in [2.45, 2.75) is 182 Å². The monoisotopic (exact) mass is 505 g/mol. The molecule has 0 heterocycles. The third-order valence-corrected chi connectivity index (χ3v) is 15.7. The second-order valence-corrected chi connectivity index (χ2v) is 14.9. The van der Waals surface area contributed by atoms with Gasteiger partial charge in [0.1, 0.15) is 0 Å². The highest BCUT2D eigenvalue weighted by molar-refractivity contribution is 5.30. The molecule has 0 saturated heterocycles. The lowest BCUT2D eigenvalue weighted by Crippen LogP contribution is -2.80. The van der Waals surface area contributed by atoms with Crippen LogP contribution in [0.2, 0.25) is 0 Å². The van der Waals surface area contributed by atoms with Crippen molar-refractivity contribution in [2.75, 3.05) is 0 Å². The van der Waals surface area contributed by atoms with Gasteiger partial charge in [0.05, 0.1) is 0 Å². The Bertz CT molecular complexity index is 698. The summed E-state index contributed by atoms with van der Waals surface area (Å²) in [6.07, 6.45) is 12.8. The van der Waals surface area contributed by atoms with Gasteiger partial charge in [-0.3, -0.25) is 0 Å². The molecule has 216 valence electrons. The molecule has 4 unspecified atom stereocenters. The third kappa shape index (κ3) is 3.36. The standard InChI is InChI=1S/C36H72/c1-18-27-28(10)33(17)35(24-7,25-8)29(11,12)34(22-5,23-6)30(13,14)36(33,26-9)32(16,21-4)31(15,19-2)20-3/h28H,18-27H2,1-17H3. The molecule has 1 aliphatic carbocycles. The quantitative estimate of drug-likeness (QED) is 0.234. The lowest BCUT2D eigenvalue weighted by Gasteiger charge is -2.86. The van der Waals surface area contributed by atoms with Crippen molar-refractivity contribution in [3.8, 4) is 0 Å². The van der Waals surface area contributed by atoms with Crippen molar-refractivity contribution in [3.05, 3.63) is 0 Å². The average molecular weight is 505 g/mol. The average Bonchev–Trinajstić information content (AvgIpc) is 2.84. The number of rotatable bonds is 13. The Labute approximate surface area is 231 Å². The lowest BCUT2D eigenvalue weighted by molar-refractivity contribution is -0.384. The Balaban J connectivity index is 4.74. The highest BCUT2D eigenvalue weighted by Crippen LogP contribution is 2.88. The highest BCUT2D eigenvalue weighted by Gasteiger charge is 2.83. The maximum Gasteiger partial charge on any atom is -0.0123 e. The minimum absolute atomic E-state index is 0.197. The Morgan fingerprint density at radius 1 is 0.556 bits per heavy atom. The minimum atomic E-state index is 0.197. The molecule has 0 amide bonds. The first-order valence-corrected chi connectivity index (χ1v) is 16.5. The SMILES string of the molecule is CCCC(C)C1(C)C(CC)(CC)C(C)(C)C(CC)(CC)C(C)(C)C1(CC)C(C)(CC)C(C)(CC)CC. The summed E-state index contributed by atoms with van der Waals surface area (Å²) in [6.45, 7) is 44.8. The minimum Gasteiger partial charge on any atom is -0.0654 e. The molecule has 0 heteroatoms. The molecule has 36 heavy (non-hydrogen) atoms. The van der Waals surface area contributed by atoms with E-state index >= 15 is 0 Å². The Hall–Kier alpha value is 0. The first-order chi connectivity index (χ1) is 16.5. The fourth-order valence-electron chi connectivity index (χ4n) is 13.6. The van der Waals surface area contributed by atoms with Gasteiger partial charge in [-0.1, -0.05) is 143 Å². The first kappa shape index (κ1) is 34.0. The molecule has 1 aliphatic rings. The molecule has 1 rings (SSSR count). The van der Waals surface area contributed by atoms with Gasteiger partial charge >= 0.3 is 0 Å². The maximum absolute atomic E-state index is 2.85. The van der Waals surface area contributed by atoms with E-state index in [1.165, 1.54) is 64.2 Å². The summed E-state index contributed by atoms with van der Waals surface area (Å²) in [5.41, 5.74) is 2.00. The van der Waals surface area contributed by atoms with Crippen LogP contribution in [0.25, 0.3) is 0 Å². The second kappa shape index (κ2) is 10.9. The Kier molecular flexibility index (Phi) is 10.3. The fraction of sp³-hybridized carbons (Fsp3) is 1.00. The fourth-order valence-corrected chi connectivity index (χ4v) is 13.6. The van der Waals surface area contributed by atoms with Crippen LogP contribution in [0.5, 0.6) is 0 Å². The van der Waals surface area contributed by atoms with Crippen molar-refractivity contribution in [1.82, 2.24) is 0 Å². The van der Waals surface area contributed by atoms with E-state index in [1.54, 1.807) is 0 Å². The van der Waals surface area contributed by atoms with Gasteiger partial charge in [0.25, 0.3) is 0 Å². The van der Waals surface area contributed by atoms with E-state index in [2.05, 4.69) is 118 Å². The largest absolute Gasteiger partial charge is 0.0654 e. The zero-order valence-corrected chi connectivity index (χ0v) is 28.6. The van der Waals surface area contributed by atoms with Gasteiger partial charge in [-0.25, -0.2) is 0 Å². The zero-order valence-electron chi connectivity index (χ0n) is 28.6. The smallest absolute Gasteiger partial charge is 0.0123 e. The molecule has 0 aromatic rings. The van der Waals surface area contributed by atoms with Crippen LogP contribution in [0.15, 0.2) is 0 Å². The summed E-state index contributed by atoms with van der Waals surface area (Å²) in [5.74, 6) is 0.691. The molecule has 0 spiro atoms. The number of hydrogen-bond donors (Lipinski definition) is 0. The summed E-state index contributed by atoms with van der Waals surface area (Å²) in [5, 5.41) is 0. The van der Waals surface area contributed by atoms with Crippen molar-refractivity contribution in [1.29, 1.82) is 0 Å². The molecule has 0 radical (unpaired) electrons. The molecule has 0 aliphatic heterocycles. The topological polar surface area (TPSA) is 0 Å². The van der Waals surface area contributed by atoms with Crippen LogP contribution in [0.1, 0.15) is 182 Å². The van der Waals surface area contributed by atoms with Gasteiger partial charge in [-0.2, -0.15) is 0 Å². The molecule has 0 bridgehead atoms. The van der Waals surface area contributed by atoms with Crippen LogP contribution in [-0.4, -0.2) is 0 Å². The molecule has 0 N–H and O–H groups in total. The lowest BCUT2D eigenvalue weighted by atomic mass is 9.18. The van der Waals surface area contributed by atoms with Crippen molar-refractivity contribution in [2.24, 2.45) is 49.2 Å². The predicted molar refractivity (Wildman–Crippen MR) is 166 cm³/mol. The van der Waals surface area contributed by atoms with E-state index in [9.17, 15) is 0 Å². The van der Waals surface area contributed by atoms with E-state index < -0.39 is 0 Å². The van der Waals surface area contributed by atoms with Crippen LogP contribution >= 0.6 is 0 Å². The summed E-state index contributed by atoms with van der Waals surface area (Å²) < 4.78 is 0. The van der Waals surface area contributed by atoms with E-state index in [0.717, 1.165) is 0 Å². The maximum atomic E-state index is 2.85. The van der Waals surface area contributed by atoms with Gasteiger partial charge < -0.3 is 0 Å². The molecular formula is C36H72. The summed E-state index contributed by atoms with van der Waals surface area (Å²) in [4.78, 5) is 0. The van der Waals surface area contributed by atoms with Crippen molar-refractivity contribution < 1.29 is 0 Å². The van der Waals surface area contributed by atoms with E-state index in [4.69, 9.17) is 0 Å². The van der Waals surface area contributed by atoms with Crippen molar-refractivity contribution >= 4 is 0 Å². The van der Waals surface area contributed by atoms with Gasteiger partial charge in [0.2, 0.25) is 0 Å². The third-order valence-electron chi connectivity index (χ3n) is 15.7. The molecule has 0 aromatic heterocycles. The summed E-state index contributed by atoms with van der Waals surface area (Å²) in [6, 6.07) is 0. The highest BCUT2D eigenvalue weighted by atomic mass is 14.9. The first-order valence-electron chi connectivity index (χ1n) is 16.5. The zero-order chi connectivity index (χ0) is 28.6. The van der Waals surface area contributed by atoms with Crippen LogP contribution in [0.3, 0.4) is 0 Å². The normalized spacial score (nSPS) is 31.6. The Morgan fingerprint density at radius 2 is 0.972 bits per heavy atom. The van der Waals surface area contributed by atoms with E-state index in [0.29, 0.717) is 11.3 Å². The molecule has 1 fully saturated rings. The van der Waals surface area contributed by atoms with Gasteiger partial charge in [-0.15, -0.1) is 0 Å². The molecule has 1 saturated carbocycles. The van der Waals surface area contributed by atoms with Crippen LogP contribution in [-0.2, 0) is 0 Å². The summed E-state index contributed by atoms with van der Waals surface area (Å²) in [7, 11) is 0. The molecular weight excluding hydrogens is 432 g/mol. The molecule has 4 atom stereocenters. The second-order valence-electron chi connectivity index (χ2n) is 14.9. The molecule has 0 aromatic carbocycles. The van der Waals surface area contributed by atoms with Crippen LogP contribution in [0, 0.1) is 49.2 Å². The van der Waals surface area contributed by atoms with Crippen molar-refractivity contribution in [3.63, 3.8) is 0 Å². The van der Waals surface area contributed by atoms with E-state index in [-0.39, 0.29) is 37.9 Å². The van der Waals surface area contributed by atoms with Gasteiger partial charge in [0, 0.05) is 0 Å². The summed E-state index contributed by atoms with van der Waals surface area (Å²) >= 11 is 0. The van der Waals surface area contributed by atoms with Crippen LogP contribution < -0.4 is 0 Å². The Morgan fingerprint density at radius 3 is 1.25 bits per heavy atom. The predicted octanol–water partition coefficient (Wildman–Crippen LogP) is 12.7. The van der Waals surface area contributed by atoms with Crippen LogP contribution in [0.4, 0.5) is 0 Å². The number of hydrogen-bond acceptors (Lipinski definition) is 0. The van der Waals surface area contributed by atoms with Gasteiger partial charge in [0.15, 0.2) is 0 Å². The van der Waals surface area contributed by atoms with E-state index in [1.807, 2.05) is 0 Å². The molecule has 0 nitrogen and oxygen atoms in total.